The molecule has 0 saturated carbocycles. The molecular formula is C33H33BrClN3O4S. The van der Waals surface area contributed by atoms with Crippen molar-refractivity contribution in [2.75, 3.05) is 17.4 Å². The Morgan fingerprint density at radius 1 is 0.884 bits per heavy atom. The third-order valence-electron chi connectivity index (χ3n) is 6.98. The number of carbonyl (C=O) groups is 2. The molecule has 7 nitrogen and oxygen atoms in total. The van der Waals surface area contributed by atoms with Crippen LogP contribution in [0.4, 0.5) is 5.69 Å². The maximum Gasteiger partial charge on any atom is 0.264 e. The third-order valence-corrected chi connectivity index (χ3v) is 9.66. The Hall–Kier alpha value is -3.66. The molecule has 0 aliphatic rings. The maximum atomic E-state index is 14.4. The smallest absolute Gasteiger partial charge is 0.264 e. The number of carbonyl (C=O) groups excluding carboxylic acids is 2. The van der Waals surface area contributed by atoms with Crippen LogP contribution in [-0.2, 0) is 32.6 Å². The fraction of sp³-hybridized carbons (Fsp3) is 0.212. The Morgan fingerprint density at radius 3 is 2.16 bits per heavy atom. The second kappa shape index (κ2) is 14.7. The Kier molecular flexibility index (Phi) is 11.0. The molecule has 4 rings (SSSR count). The van der Waals surface area contributed by atoms with Crippen LogP contribution >= 0.6 is 27.5 Å². The second-order valence-corrected chi connectivity index (χ2v) is 13.1. The van der Waals surface area contributed by atoms with Gasteiger partial charge in [-0.1, -0.05) is 94.3 Å². The van der Waals surface area contributed by atoms with E-state index in [1.807, 2.05) is 61.5 Å². The molecule has 10 heteroatoms. The van der Waals surface area contributed by atoms with Gasteiger partial charge in [-0.25, -0.2) is 8.42 Å². The highest BCUT2D eigenvalue weighted by Gasteiger charge is 2.35. The van der Waals surface area contributed by atoms with Crippen molar-refractivity contribution < 1.29 is 18.0 Å². The number of amides is 2. The second-order valence-electron chi connectivity index (χ2n) is 9.96. The van der Waals surface area contributed by atoms with Crippen LogP contribution in [0.15, 0.2) is 112 Å². The Morgan fingerprint density at radius 2 is 1.51 bits per heavy atom. The summed E-state index contributed by atoms with van der Waals surface area (Å²) in [5, 5.41) is 3.23. The summed E-state index contributed by atoms with van der Waals surface area (Å²) in [6.45, 7) is 3.44. The van der Waals surface area contributed by atoms with E-state index in [4.69, 9.17) is 11.6 Å². The number of hydrogen-bond acceptors (Lipinski definition) is 4. The lowest BCUT2D eigenvalue weighted by atomic mass is 10.0. The fourth-order valence-electron chi connectivity index (χ4n) is 4.78. The van der Waals surface area contributed by atoms with Crippen LogP contribution in [0.25, 0.3) is 0 Å². The van der Waals surface area contributed by atoms with E-state index in [1.165, 1.54) is 17.0 Å². The molecule has 1 N–H and O–H groups in total. The van der Waals surface area contributed by atoms with Crippen molar-refractivity contribution in [3.63, 3.8) is 0 Å². The van der Waals surface area contributed by atoms with E-state index < -0.39 is 28.5 Å². The Balaban J connectivity index is 1.82. The summed E-state index contributed by atoms with van der Waals surface area (Å²) < 4.78 is 30.1. The van der Waals surface area contributed by atoms with Gasteiger partial charge in [0, 0.05) is 29.0 Å². The first-order valence-electron chi connectivity index (χ1n) is 13.8. The van der Waals surface area contributed by atoms with E-state index in [0.29, 0.717) is 17.1 Å². The average molecular weight is 683 g/mol. The topological polar surface area (TPSA) is 86.8 Å². The number of anilines is 1. The van der Waals surface area contributed by atoms with Gasteiger partial charge in [0.2, 0.25) is 11.8 Å². The zero-order valence-corrected chi connectivity index (χ0v) is 27.1. The summed E-state index contributed by atoms with van der Waals surface area (Å²) in [5.41, 5.74) is 2.44. The number of nitrogens with one attached hydrogen (secondary N) is 1. The van der Waals surface area contributed by atoms with Gasteiger partial charge < -0.3 is 10.2 Å². The fourth-order valence-corrected chi connectivity index (χ4v) is 6.89. The summed E-state index contributed by atoms with van der Waals surface area (Å²) in [5.74, 6) is -0.864. The molecule has 4 aromatic rings. The van der Waals surface area contributed by atoms with Crippen molar-refractivity contribution in [3.05, 3.63) is 129 Å². The monoisotopic (exact) mass is 681 g/mol. The lowest BCUT2D eigenvalue weighted by Gasteiger charge is -2.34. The SMILES string of the molecule is CCNC(=O)C(Cc1ccccc1)N(Cc1cccc(Br)c1)C(=O)CN(c1cccc(Cl)c1C)S(=O)(=O)c1ccccc1. The van der Waals surface area contributed by atoms with Gasteiger partial charge in [-0.05, 0) is 66.9 Å². The number of nitrogens with zero attached hydrogens (tertiary/aromatic N) is 2. The number of rotatable bonds is 12. The van der Waals surface area contributed by atoms with E-state index in [0.717, 1.165) is 19.9 Å². The van der Waals surface area contributed by atoms with Gasteiger partial charge in [-0.2, -0.15) is 0 Å². The molecule has 0 aromatic heterocycles. The van der Waals surface area contributed by atoms with E-state index in [9.17, 15) is 18.0 Å². The minimum atomic E-state index is -4.20. The van der Waals surface area contributed by atoms with Crippen LogP contribution in [0.2, 0.25) is 5.02 Å². The van der Waals surface area contributed by atoms with Crippen molar-refractivity contribution in [2.24, 2.45) is 0 Å². The minimum absolute atomic E-state index is 0.0327. The summed E-state index contributed by atoms with van der Waals surface area (Å²) in [6.07, 6.45) is 0.244. The largest absolute Gasteiger partial charge is 0.355 e. The average Bonchev–Trinajstić information content (AvgIpc) is 3.00. The van der Waals surface area contributed by atoms with E-state index in [2.05, 4.69) is 21.2 Å². The van der Waals surface area contributed by atoms with Gasteiger partial charge in [0.15, 0.2) is 0 Å². The molecule has 0 fully saturated rings. The van der Waals surface area contributed by atoms with Gasteiger partial charge >= 0.3 is 0 Å². The van der Waals surface area contributed by atoms with E-state index in [-0.39, 0.29) is 29.5 Å². The predicted octanol–water partition coefficient (Wildman–Crippen LogP) is 6.38. The predicted molar refractivity (Wildman–Crippen MR) is 174 cm³/mol. The molecule has 0 spiro atoms. The van der Waals surface area contributed by atoms with Gasteiger partial charge in [-0.3, -0.25) is 13.9 Å². The summed E-state index contributed by atoms with van der Waals surface area (Å²) >= 11 is 9.91. The molecule has 2 amide bonds. The van der Waals surface area contributed by atoms with Crippen LogP contribution in [0.3, 0.4) is 0 Å². The first kappa shape index (κ1) is 32.3. The molecule has 0 saturated heterocycles. The first-order valence-corrected chi connectivity index (χ1v) is 16.4. The molecule has 43 heavy (non-hydrogen) atoms. The number of halogens is 2. The van der Waals surface area contributed by atoms with Gasteiger partial charge in [0.05, 0.1) is 10.6 Å². The normalized spacial score (nSPS) is 11.9. The number of benzene rings is 4. The van der Waals surface area contributed by atoms with Crippen molar-refractivity contribution in [1.82, 2.24) is 10.2 Å². The third kappa shape index (κ3) is 8.04. The molecular weight excluding hydrogens is 650 g/mol. The first-order chi connectivity index (χ1) is 20.6. The summed E-state index contributed by atoms with van der Waals surface area (Å²) in [4.78, 5) is 29.5. The van der Waals surface area contributed by atoms with Crippen LogP contribution in [0, 0.1) is 6.92 Å². The minimum Gasteiger partial charge on any atom is -0.355 e. The highest BCUT2D eigenvalue weighted by atomic mass is 79.9. The molecule has 224 valence electrons. The highest BCUT2D eigenvalue weighted by Crippen LogP contribution is 2.31. The van der Waals surface area contributed by atoms with E-state index >= 15 is 0 Å². The molecule has 1 unspecified atom stereocenters. The van der Waals surface area contributed by atoms with Crippen LogP contribution in [0.1, 0.15) is 23.6 Å². The quantitative estimate of drug-likeness (QED) is 0.188. The Bertz CT molecular complexity index is 1670. The van der Waals surface area contributed by atoms with Crippen LogP contribution < -0.4 is 9.62 Å². The maximum absolute atomic E-state index is 14.4. The van der Waals surface area contributed by atoms with Crippen molar-refractivity contribution in [2.45, 2.75) is 37.8 Å². The number of hydrogen-bond donors (Lipinski definition) is 1. The molecule has 0 heterocycles. The standard InChI is InChI=1S/C33H33BrClN3O4S/c1-3-36-33(40)31(21-25-12-6-4-7-13-25)37(22-26-14-10-15-27(34)20-26)32(39)23-38(30-19-11-18-29(35)24(30)2)43(41,42)28-16-8-5-9-17-28/h4-20,31H,3,21-23H2,1-2H3,(H,36,40). The molecule has 0 aliphatic carbocycles. The molecule has 0 radical (unpaired) electrons. The molecule has 0 aliphatic heterocycles. The van der Waals surface area contributed by atoms with Crippen molar-refractivity contribution in [1.29, 1.82) is 0 Å². The van der Waals surface area contributed by atoms with Gasteiger partial charge in [0.25, 0.3) is 10.0 Å². The van der Waals surface area contributed by atoms with Crippen LogP contribution in [-0.4, -0.2) is 44.3 Å². The van der Waals surface area contributed by atoms with Crippen molar-refractivity contribution >= 4 is 55.1 Å². The highest BCUT2D eigenvalue weighted by molar-refractivity contribution is 9.10. The van der Waals surface area contributed by atoms with Gasteiger partial charge in [0.1, 0.15) is 12.6 Å². The lowest BCUT2D eigenvalue weighted by molar-refractivity contribution is -0.140. The van der Waals surface area contributed by atoms with Crippen molar-refractivity contribution in [3.8, 4) is 0 Å². The zero-order valence-electron chi connectivity index (χ0n) is 23.9. The molecule has 4 aromatic carbocycles. The van der Waals surface area contributed by atoms with Gasteiger partial charge in [-0.15, -0.1) is 0 Å². The summed E-state index contributed by atoms with van der Waals surface area (Å²) in [7, 11) is -4.20. The molecule has 0 bridgehead atoms. The Labute approximate surface area is 266 Å². The lowest BCUT2D eigenvalue weighted by Crippen LogP contribution is -2.53. The number of likely N-dealkylation sites (N-methyl/N-ethyl adjacent to an activating group) is 1. The van der Waals surface area contributed by atoms with Crippen LogP contribution in [0.5, 0.6) is 0 Å². The molecule has 1 atom stereocenters. The number of sulfonamides is 1. The zero-order chi connectivity index (χ0) is 31.0. The van der Waals surface area contributed by atoms with E-state index in [1.54, 1.807) is 43.3 Å². The summed E-state index contributed by atoms with van der Waals surface area (Å²) in [6, 6.07) is 28.9.